The zero-order valence-corrected chi connectivity index (χ0v) is 31.2. The molecule has 48 heavy (non-hydrogen) atoms. The van der Waals surface area contributed by atoms with Crippen molar-refractivity contribution in [2.75, 3.05) is 48.4 Å². The maximum Gasteiger partial charge on any atom is 0.405 e. The topological polar surface area (TPSA) is 182 Å². The molecule has 4 unspecified atom stereocenters. The molecule has 0 aliphatic carbocycles. The van der Waals surface area contributed by atoms with Gasteiger partial charge in [-0.2, -0.15) is 0 Å². The minimum absolute atomic E-state index is 0.00678. The highest BCUT2D eigenvalue weighted by atomic mass is 16.7. The second-order valence-corrected chi connectivity index (χ2v) is 14.9. The van der Waals surface area contributed by atoms with Crippen molar-refractivity contribution in [1.29, 1.82) is 0 Å². The molecular formula is C34H64N4O10. The summed E-state index contributed by atoms with van der Waals surface area (Å²) in [5.41, 5.74) is 3.13. The van der Waals surface area contributed by atoms with Crippen molar-refractivity contribution in [3.05, 3.63) is 0 Å². The van der Waals surface area contributed by atoms with E-state index in [1.807, 2.05) is 65.7 Å². The Morgan fingerprint density at radius 3 is 2.29 bits per heavy atom. The van der Waals surface area contributed by atoms with Crippen LogP contribution in [0.4, 0.5) is 4.79 Å². The fourth-order valence-corrected chi connectivity index (χ4v) is 7.26. The lowest BCUT2D eigenvalue weighted by molar-refractivity contribution is -0.306. The first kappa shape index (κ1) is 42.3. The Morgan fingerprint density at radius 2 is 1.77 bits per heavy atom. The standard InChI is InChI=1S/C34H64N4O10/c1-13-27-34(7,48-32(35)43)21(4)22(5)36-17-19(2)16-33(6,44-12)30(20(3)24(39)15-28(41)46-27)47-31-29(42)23(38(10)11)14-26(45-31)25(40)18-37(8)9/h19-23,25-27,29-31,36,40,42H,13-18H2,1-12H3,(H2,35,43)/t19-,20+,21-,22-,23?,25?,26?,27-,29?,30-,31+,33-,34+/m1/s1. The first-order chi connectivity index (χ1) is 22.2. The number of cyclic esters (lactones) is 1. The van der Waals surface area contributed by atoms with Crippen LogP contribution in [0.3, 0.4) is 0 Å². The van der Waals surface area contributed by atoms with E-state index in [0.717, 1.165) is 0 Å². The molecule has 2 aliphatic rings. The molecule has 0 spiro atoms. The Morgan fingerprint density at radius 1 is 1.15 bits per heavy atom. The summed E-state index contributed by atoms with van der Waals surface area (Å²) >= 11 is 0. The normalized spacial score (nSPS) is 40.2. The van der Waals surface area contributed by atoms with Gasteiger partial charge in [-0.25, -0.2) is 4.79 Å². The number of nitrogens with one attached hydrogen (secondary N) is 1. The Kier molecular flexibility index (Phi) is 15.7. The summed E-state index contributed by atoms with van der Waals surface area (Å²) in [7, 11) is 8.93. The fourth-order valence-electron chi connectivity index (χ4n) is 7.26. The number of carbonyl (C=O) groups excluding carboxylic acids is 3. The summed E-state index contributed by atoms with van der Waals surface area (Å²) < 4.78 is 30.5. The van der Waals surface area contributed by atoms with E-state index in [9.17, 15) is 24.6 Å². The first-order valence-corrected chi connectivity index (χ1v) is 17.2. The predicted octanol–water partition coefficient (Wildman–Crippen LogP) is 1.53. The number of carbonyl (C=O) groups is 3. The highest BCUT2D eigenvalue weighted by Gasteiger charge is 2.50. The number of nitrogens with two attached hydrogens (primary N) is 1. The number of aliphatic hydroxyl groups excluding tert-OH is 2. The zero-order valence-electron chi connectivity index (χ0n) is 31.2. The van der Waals surface area contributed by atoms with E-state index in [4.69, 9.17) is 29.4 Å². The van der Waals surface area contributed by atoms with Crippen LogP contribution in [-0.2, 0) is 33.3 Å². The number of Topliss-reactive ketones (excluding diaryl/α,β-unsaturated/α-hetero) is 1. The molecule has 2 rings (SSSR count). The number of hydrogen-bond acceptors (Lipinski definition) is 13. The number of esters is 1. The van der Waals surface area contributed by atoms with Crippen molar-refractivity contribution in [2.45, 2.75) is 134 Å². The summed E-state index contributed by atoms with van der Waals surface area (Å²) in [6, 6.07) is -0.604. The number of rotatable bonds is 9. The average Bonchev–Trinajstić information content (AvgIpc) is 2.99. The number of ketones is 1. The molecule has 2 saturated heterocycles. The Labute approximate surface area is 287 Å². The lowest BCUT2D eigenvalue weighted by atomic mass is 9.79. The zero-order chi connectivity index (χ0) is 36.7. The maximum atomic E-state index is 13.9. The molecule has 0 bridgehead atoms. The number of primary amides is 1. The highest BCUT2D eigenvalue weighted by molar-refractivity contribution is 5.97. The highest BCUT2D eigenvalue weighted by Crippen LogP contribution is 2.37. The van der Waals surface area contributed by atoms with Gasteiger partial charge in [-0.3, -0.25) is 9.59 Å². The Bertz CT molecular complexity index is 1060. The van der Waals surface area contributed by atoms with Crippen LogP contribution in [0.5, 0.6) is 0 Å². The molecule has 0 radical (unpaired) electrons. The van der Waals surface area contributed by atoms with Crippen LogP contribution in [0.2, 0.25) is 0 Å². The molecule has 13 atom stereocenters. The largest absolute Gasteiger partial charge is 0.458 e. The van der Waals surface area contributed by atoms with Crippen LogP contribution in [0.1, 0.15) is 74.1 Å². The van der Waals surface area contributed by atoms with E-state index in [1.54, 1.807) is 27.9 Å². The second kappa shape index (κ2) is 17.8. The van der Waals surface area contributed by atoms with Gasteiger partial charge in [-0.05, 0) is 80.7 Å². The molecule has 5 N–H and O–H groups in total. The molecule has 0 aromatic heterocycles. The molecule has 2 fully saturated rings. The van der Waals surface area contributed by atoms with Gasteiger partial charge in [0, 0.05) is 37.6 Å². The van der Waals surface area contributed by atoms with Crippen molar-refractivity contribution in [3.8, 4) is 0 Å². The SMILES string of the molecule is CC[C@H]1OC(=O)CC(=O)[C@H](C)[C@@H](O[C@@H]2OC(C(O)CN(C)C)CC(N(C)C)C2O)[C@](C)(OC)C[C@@H](C)CN[C@H](C)[C@@H](C)[C@]1(C)OC(N)=O. The number of methoxy groups -OCH3 is 1. The molecule has 2 heterocycles. The number of aliphatic hydroxyl groups is 2. The number of amides is 1. The van der Waals surface area contributed by atoms with E-state index >= 15 is 0 Å². The summed E-state index contributed by atoms with van der Waals surface area (Å²) in [4.78, 5) is 43.0. The third kappa shape index (κ3) is 10.5. The van der Waals surface area contributed by atoms with Gasteiger partial charge < -0.3 is 54.7 Å². The molecule has 14 nitrogen and oxygen atoms in total. The number of hydrogen-bond donors (Lipinski definition) is 4. The smallest absolute Gasteiger partial charge is 0.405 e. The second-order valence-electron chi connectivity index (χ2n) is 14.9. The molecular weight excluding hydrogens is 624 g/mol. The van der Waals surface area contributed by atoms with E-state index in [2.05, 4.69) is 5.32 Å². The minimum atomic E-state index is -1.28. The monoisotopic (exact) mass is 688 g/mol. The van der Waals surface area contributed by atoms with Crippen LogP contribution in [0.15, 0.2) is 0 Å². The van der Waals surface area contributed by atoms with Gasteiger partial charge in [-0.15, -0.1) is 0 Å². The molecule has 2 aliphatic heterocycles. The van der Waals surface area contributed by atoms with Crippen molar-refractivity contribution in [2.24, 2.45) is 23.5 Å². The maximum absolute atomic E-state index is 13.9. The van der Waals surface area contributed by atoms with E-state index in [0.29, 0.717) is 32.4 Å². The van der Waals surface area contributed by atoms with Gasteiger partial charge in [-0.1, -0.05) is 27.7 Å². The quantitative estimate of drug-likeness (QED) is 0.202. The van der Waals surface area contributed by atoms with Crippen LogP contribution < -0.4 is 11.1 Å². The van der Waals surface area contributed by atoms with Crippen molar-refractivity contribution >= 4 is 17.8 Å². The molecule has 280 valence electrons. The van der Waals surface area contributed by atoms with E-state index in [1.165, 1.54) is 0 Å². The average molecular weight is 689 g/mol. The Balaban J connectivity index is 2.56. The number of nitrogens with zero attached hydrogens (tertiary/aromatic N) is 2. The predicted molar refractivity (Wildman–Crippen MR) is 180 cm³/mol. The third-order valence-corrected chi connectivity index (χ3v) is 10.5. The van der Waals surface area contributed by atoms with Gasteiger partial charge in [0.05, 0.1) is 23.9 Å². The minimum Gasteiger partial charge on any atom is -0.458 e. The lowest BCUT2D eigenvalue weighted by Crippen LogP contribution is -2.61. The van der Waals surface area contributed by atoms with Crippen LogP contribution in [0, 0.1) is 17.8 Å². The molecule has 1 amide bonds. The Hall–Kier alpha value is -1.91. The van der Waals surface area contributed by atoms with Crippen molar-refractivity contribution < 1.29 is 48.3 Å². The van der Waals surface area contributed by atoms with Crippen LogP contribution in [0.25, 0.3) is 0 Å². The summed E-state index contributed by atoms with van der Waals surface area (Å²) in [6.07, 6.45) is -6.12. The van der Waals surface area contributed by atoms with Gasteiger partial charge in [0.25, 0.3) is 0 Å². The van der Waals surface area contributed by atoms with Crippen LogP contribution in [-0.4, -0.2) is 146 Å². The number of ether oxygens (including phenoxy) is 5. The summed E-state index contributed by atoms with van der Waals surface area (Å²) in [6.45, 7) is 13.8. The molecule has 0 saturated carbocycles. The summed E-state index contributed by atoms with van der Waals surface area (Å²) in [5.74, 6) is -2.49. The lowest BCUT2D eigenvalue weighted by Gasteiger charge is -2.47. The molecule has 0 aromatic rings. The fraction of sp³-hybridized carbons (Fsp3) is 0.912. The van der Waals surface area contributed by atoms with Crippen molar-refractivity contribution in [1.82, 2.24) is 15.1 Å². The summed E-state index contributed by atoms with van der Waals surface area (Å²) in [5, 5.41) is 26.0. The molecule has 0 aromatic carbocycles. The number of likely N-dealkylation sites (N-methyl/N-ethyl adjacent to an activating group) is 2. The van der Waals surface area contributed by atoms with Gasteiger partial charge in [0.15, 0.2) is 11.9 Å². The van der Waals surface area contributed by atoms with Gasteiger partial charge in [0.2, 0.25) is 0 Å². The first-order valence-electron chi connectivity index (χ1n) is 17.2. The van der Waals surface area contributed by atoms with E-state index < -0.39 is 84.2 Å². The van der Waals surface area contributed by atoms with Gasteiger partial charge in [0.1, 0.15) is 24.4 Å². The van der Waals surface area contributed by atoms with E-state index in [-0.39, 0.29) is 17.9 Å². The third-order valence-electron chi connectivity index (χ3n) is 10.5. The van der Waals surface area contributed by atoms with Gasteiger partial charge >= 0.3 is 12.1 Å². The van der Waals surface area contributed by atoms with Crippen LogP contribution >= 0.6 is 0 Å². The molecule has 14 heteroatoms. The van der Waals surface area contributed by atoms with Crippen molar-refractivity contribution in [3.63, 3.8) is 0 Å².